The number of ketones is 1. The van der Waals surface area contributed by atoms with E-state index in [0.717, 1.165) is 5.52 Å². The predicted molar refractivity (Wildman–Crippen MR) is 110 cm³/mol. The molecule has 0 aliphatic carbocycles. The van der Waals surface area contributed by atoms with Crippen molar-refractivity contribution in [3.8, 4) is 0 Å². The number of aliphatic hydroxyl groups is 1. The van der Waals surface area contributed by atoms with Gasteiger partial charge in [-0.05, 0) is 32.0 Å². The molecule has 0 atom stereocenters. The number of aryl methyl sites for hydroxylation is 1. The Morgan fingerprint density at radius 1 is 1.11 bits per heavy atom. The number of carbonyl (C=O) groups is 1. The second kappa shape index (κ2) is 14.6. The van der Waals surface area contributed by atoms with Gasteiger partial charge in [0, 0.05) is 67.7 Å². The average Bonchev–Trinajstić information content (AvgIpc) is 2.55. The van der Waals surface area contributed by atoms with Crippen molar-refractivity contribution < 1.29 is 53.1 Å². The van der Waals surface area contributed by atoms with Gasteiger partial charge in [-0.3, -0.25) is 4.79 Å². The number of allylic oxidation sites excluding steroid dienone is 2. The third-order valence-corrected chi connectivity index (χ3v) is 3.13. The number of hydrogen-bond donors (Lipinski definition) is 1. The molecule has 0 amide bonds. The van der Waals surface area contributed by atoms with Crippen LogP contribution in [0.4, 0.5) is 0 Å². The molecule has 27 heavy (non-hydrogen) atoms. The summed E-state index contributed by atoms with van der Waals surface area (Å²) in [6.45, 7) is 7.10. The first-order valence-electron chi connectivity index (χ1n) is 8.40. The number of aromatic nitrogens is 2. The Bertz CT molecular complexity index is 872. The molecule has 2 heterocycles. The molecule has 3 aromatic rings. The number of fused-ring (bicyclic) bond motifs is 3. The first-order valence-corrected chi connectivity index (χ1v) is 8.40. The quantitative estimate of drug-likeness (QED) is 0.162. The van der Waals surface area contributed by atoms with Crippen molar-refractivity contribution in [2.24, 2.45) is 7.05 Å². The SMILES string of the molecule is CC(=O)/C=C(/C)O.CCC.C[n+]1cccc2ccc3cccnc3c21.[CH3-].[Tb]. The third kappa shape index (κ3) is 9.33. The summed E-state index contributed by atoms with van der Waals surface area (Å²) in [4.78, 5) is 14.5. The molecule has 0 aliphatic heterocycles. The van der Waals surface area contributed by atoms with Crippen LogP contribution in [0.5, 0.6) is 0 Å². The minimum absolute atomic E-state index is 0. The Kier molecular flexibility index (Phi) is 15.0. The van der Waals surface area contributed by atoms with E-state index in [1.807, 2.05) is 12.3 Å². The van der Waals surface area contributed by atoms with Crippen LogP contribution in [-0.4, -0.2) is 15.9 Å². The van der Waals surface area contributed by atoms with Crippen LogP contribution in [0, 0.1) is 46.0 Å². The summed E-state index contributed by atoms with van der Waals surface area (Å²) in [5.41, 5.74) is 2.26. The number of benzene rings is 1. The summed E-state index contributed by atoms with van der Waals surface area (Å²) in [6.07, 6.45) is 6.31. The zero-order valence-corrected chi connectivity index (χ0v) is 19.1. The van der Waals surface area contributed by atoms with Crippen molar-refractivity contribution in [2.45, 2.75) is 34.1 Å². The van der Waals surface area contributed by atoms with Gasteiger partial charge in [0.05, 0.1) is 5.76 Å². The van der Waals surface area contributed by atoms with E-state index in [1.165, 1.54) is 42.6 Å². The zero-order valence-electron chi connectivity index (χ0n) is 17.0. The summed E-state index contributed by atoms with van der Waals surface area (Å²) in [6, 6.07) is 12.5. The van der Waals surface area contributed by atoms with Crippen molar-refractivity contribution in [2.75, 3.05) is 0 Å². The predicted octanol–water partition coefficient (Wildman–Crippen LogP) is 5.12. The number of carbonyl (C=O) groups excluding carboxylic acids is 1. The van der Waals surface area contributed by atoms with Gasteiger partial charge in [-0.25, -0.2) is 4.98 Å². The number of aliphatic hydroxyl groups excluding tert-OH is 1. The van der Waals surface area contributed by atoms with Crippen molar-refractivity contribution in [3.05, 3.63) is 68.1 Å². The van der Waals surface area contributed by atoms with E-state index in [9.17, 15) is 4.79 Å². The molecule has 0 unspecified atom stereocenters. The molecule has 0 spiro atoms. The molecular formula is C22H30N2O2Tb. The maximum Gasteiger partial charge on any atom is 0.238 e. The van der Waals surface area contributed by atoms with Gasteiger partial charge in [-0.15, -0.1) is 0 Å². The Hall–Kier alpha value is -1.46. The first kappa shape index (κ1) is 27.8. The van der Waals surface area contributed by atoms with E-state index in [2.05, 4.69) is 67.0 Å². The molecule has 1 radical (unpaired) electrons. The molecule has 3 rings (SSSR count). The Morgan fingerprint density at radius 2 is 1.67 bits per heavy atom. The van der Waals surface area contributed by atoms with Gasteiger partial charge in [0.25, 0.3) is 0 Å². The van der Waals surface area contributed by atoms with Crippen LogP contribution in [0.1, 0.15) is 34.1 Å². The van der Waals surface area contributed by atoms with Crippen LogP contribution < -0.4 is 4.57 Å². The largest absolute Gasteiger partial charge is 0.512 e. The second-order valence-corrected chi connectivity index (χ2v) is 5.80. The monoisotopic (exact) mass is 513 g/mol. The van der Waals surface area contributed by atoms with Crippen LogP contribution in [0.25, 0.3) is 21.8 Å². The normalized spacial score (nSPS) is 9.74. The fraction of sp³-hybridized carbons (Fsp3) is 0.273. The standard InChI is InChI=1S/C13H11N2.C5H8O2.C3H8.CH3.Tb/c1-15-9-3-5-11-7-6-10-4-2-8-14-12(10)13(11)15;1-4(6)3-5(2)7;1-3-2;;/h2-9H,1H3;3,6H,1-2H3;3H2,1-2H3;1H3;/q+1;;;-1;/b;4-3-;;;. The average molecular weight is 513 g/mol. The molecule has 4 nitrogen and oxygen atoms in total. The molecule has 0 saturated heterocycles. The maximum absolute atomic E-state index is 10.0. The molecule has 0 fully saturated rings. The third-order valence-electron chi connectivity index (χ3n) is 3.13. The van der Waals surface area contributed by atoms with E-state index in [0.29, 0.717) is 0 Å². The van der Waals surface area contributed by atoms with Crippen LogP contribution >= 0.6 is 0 Å². The molecule has 5 heteroatoms. The van der Waals surface area contributed by atoms with Gasteiger partial charge in [-0.2, -0.15) is 4.57 Å². The van der Waals surface area contributed by atoms with E-state index in [4.69, 9.17) is 5.11 Å². The smallest absolute Gasteiger partial charge is 0.238 e. The zero-order chi connectivity index (χ0) is 18.8. The Morgan fingerprint density at radius 3 is 2.19 bits per heavy atom. The minimum atomic E-state index is -0.125. The molecule has 1 N–H and O–H groups in total. The fourth-order valence-corrected chi connectivity index (χ4v) is 2.29. The second-order valence-electron chi connectivity index (χ2n) is 5.80. The van der Waals surface area contributed by atoms with E-state index in [-0.39, 0.29) is 57.6 Å². The molecule has 2 aromatic heterocycles. The summed E-state index contributed by atoms with van der Waals surface area (Å²) in [7, 11) is 2.05. The van der Waals surface area contributed by atoms with Crippen molar-refractivity contribution in [1.29, 1.82) is 0 Å². The van der Waals surface area contributed by atoms with Crippen molar-refractivity contribution in [3.63, 3.8) is 0 Å². The first-order chi connectivity index (χ1) is 11.9. The summed E-state index contributed by atoms with van der Waals surface area (Å²) < 4.78 is 2.12. The molecule has 1 aromatic carbocycles. The van der Waals surface area contributed by atoms with Gasteiger partial charge >= 0.3 is 0 Å². The van der Waals surface area contributed by atoms with Gasteiger partial charge < -0.3 is 12.5 Å². The van der Waals surface area contributed by atoms with Crippen LogP contribution in [0.3, 0.4) is 0 Å². The van der Waals surface area contributed by atoms with Crippen LogP contribution in [0.2, 0.25) is 0 Å². The van der Waals surface area contributed by atoms with E-state index in [1.54, 1.807) is 0 Å². The van der Waals surface area contributed by atoms with Gasteiger partial charge in [0.15, 0.2) is 12.0 Å². The van der Waals surface area contributed by atoms with E-state index < -0.39 is 0 Å². The number of pyridine rings is 2. The molecule has 0 bridgehead atoms. The van der Waals surface area contributed by atoms with Crippen molar-refractivity contribution in [1.82, 2.24) is 4.98 Å². The maximum atomic E-state index is 10.0. The molecular weight excluding hydrogens is 483 g/mol. The number of rotatable bonds is 1. The molecule has 149 valence electrons. The molecule has 0 aliphatic rings. The fourth-order valence-electron chi connectivity index (χ4n) is 2.29. The van der Waals surface area contributed by atoms with Crippen LogP contribution in [0.15, 0.2) is 60.6 Å². The van der Waals surface area contributed by atoms with Gasteiger partial charge in [0.2, 0.25) is 5.52 Å². The Labute approximate surface area is 193 Å². The summed E-state index contributed by atoms with van der Waals surface area (Å²) >= 11 is 0. The Balaban J connectivity index is 0. The van der Waals surface area contributed by atoms with Gasteiger partial charge in [0.1, 0.15) is 12.6 Å². The van der Waals surface area contributed by atoms with E-state index >= 15 is 0 Å². The summed E-state index contributed by atoms with van der Waals surface area (Å²) in [5.74, 6) is -0.0625. The molecule has 0 saturated carbocycles. The minimum Gasteiger partial charge on any atom is -0.512 e. The number of hydrogen-bond acceptors (Lipinski definition) is 3. The summed E-state index contributed by atoms with van der Waals surface area (Å²) in [5, 5.41) is 10.8. The van der Waals surface area contributed by atoms with Crippen molar-refractivity contribution >= 4 is 27.6 Å². The number of nitrogens with zero attached hydrogens (tertiary/aromatic N) is 2. The van der Waals surface area contributed by atoms with Gasteiger partial charge in [-0.1, -0.05) is 32.4 Å². The van der Waals surface area contributed by atoms with Crippen LogP contribution in [-0.2, 0) is 11.8 Å². The topological polar surface area (TPSA) is 54.1 Å².